The second-order valence-corrected chi connectivity index (χ2v) is 26.7. The number of amides is 1. The lowest BCUT2D eigenvalue weighted by molar-refractivity contribution is -0.143. The minimum atomic E-state index is -0.842. The molecule has 86 heavy (non-hydrogen) atoms. The van der Waals surface area contributed by atoms with Crippen LogP contribution in [0.15, 0.2) is 48.6 Å². The van der Waals surface area contributed by atoms with Crippen LogP contribution in [0.3, 0.4) is 0 Å². The third-order valence-corrected chi connectivity index (χ3v) is 18.1. The first kappa shape index (κ1) is 83.8. The zero-order chi connectivity index (χ0) is 62.0. The van der Waals surface area contributed by atoms with Gasteiger partial charge in [0.25, 0.3) is 0 Å². The quantitative estimate of drug-likeness (QED) is 0.0320. The Hall–Kier alpha value is -2.18. The lowest BCUT2D eigenvalue weighted by atomic mass is 10.0. The summed E-state index contributed by atoms with van der Waals surface area (Å²) in [6.07, 6.45) is 99.5. The van der Waals surface area contributed by atoms with Gasteiger partial charge in [-0.25, -0.2) is 0 Å². The smallest absolute Gasteiger partial charge is 0.305 e. The molecule has 0 aromatic heterocycles. The molecular weight excluding hydrogens is 1050 g/mol. The van der Waals surface area contributed by atoms with Gasteiger partial charge in [-0.1, -0.05) is 371 Å². The fourth-order valence-electron chi connectivity index (χ4n) is 12.1. The highest BCUT2D eigenvalue weighted by atomic mass is 16.5. The predicted molar refractivity (Wildman–Crippen MR) is 379 cm³/mol. The van der Waals surface area contributed by atoms with Crippen LogP contribution in [-0.2, 0) is 14.3 Å². The molecular formula is C80H151NO5. The summed E-state index contributed by atoms with van der Waals surface area (Å²) in [5, 5.41) is 23.2. The van der Waals surface area contributed by atoms with Gasteiger partial charge in [-0.2, -0.15) is 0 Å². The van der Waals surface area contributed by atoms with Gasteiger partial charge in [-0.05, 0) is 89.9 Å². The first-order valence-electron chi connectivity index (χ1n) is 38.9. The average Bonchev–Trinajstić information content (AvgIpc) is 3.55. The number of hydrogen-bond donors (Lipinski definition) is 3. The van der Waals surface area contributed by atoms with Crippen LogP contribution in [0.4, 0.5) is 0 Å². The van der Waals surface area contributed by atoms with Crippen molar-refractivity contribution in [3.63, 3.8) is 0 Å². The lowest BCUT2D eigenvalue weighted by Gasteiger charge is -2.20. The molecule has 0 saturated heterocycles. The number of aliphatic hydroxyl groups excluding tert-OH is 2. The maximum absolute atomic E-state index is 12.5. The van der Waals surface area contributed by atoms with Crippen molar-refractivity contribution in [2.24, 2.45) is 0 Å². The highest BCUT2D eigenvalue weighted by Gasteiger charge is 2.18. The monoisotopic (exact) mass is 1210 g/mol. The highest BCUT2D eigenvalue weighted by molar-refractivity contribution is 5.76. The summed E-state index contributed by atoms with van der Waals surface area (Å²) >= 11 is 0. The molecule has 6 nitrogen and oxygen atoms in total. The van der Waals surface area contributed by atoms with Crippen molar-refractivity contribution < 1.29 is 24.5 Å². The van der Waals surface area contributed by atoms with Gasteiger partial charge in [-0.15, -0.1) is 0 Å². The van der Waals surface area contributed by atoms with E-state index in [0.717, 1.165) is 51.4 Å². The Labute approximate surface area is 537 Å². The Balaban J connectivity index is 3.34. The van der Waals surface area contributed by atoms with Crippen molar-refractivity contribution in [1.29, 1.82) is 0 Å². The molecule has 0 aliphatic heterocycles. The summed E-state index contributed by atoms with van der Waals surface area (Å²) in [7, 11) is 0. The minimum absolute atomic E-state index is 0.0138. The Bertz CT molecular complexity index is 1440. The summed E-state index contributed by atoms with van der Waals surface area (Å²) in [6, 6.07) is -0.625. The van der Waals surface area contributed by atoms with E-state index in [0.29, 0.717) is 19.4 Å². The molecule has 0 fully saturated rings. The summed E-state index contributed by atoms with van der Waals surface area (Å²) in [5.41, 5.74) is 0. The Morgan fingerprint density at radius 3 is 0.919 bits per heavy atom. The van der Waals surface area contributed by atoms with Crippen molar-refractivity contribution in [2.45, 2.75) is 437 Å². The number of carbonyl (C=O) groups is 2. The third kappa shape index (κ3) is 70.9. The summed E-state index contributed by atoms with van der Waals surface area (Å²) in [4.78, 5) is 24.6. The van der Waals surface area contributed by atoms with Crippen molar-refractivity contribution >= 4 is 11.9 Å². The average molecular weight is 1210 g/mol. The predicted octanol–water partition coefficient (Wildman–Crippen LogP) is 25.6. The van der Waals surface area contributed by atoms with Crippen LogP contribution in [0.2, 0.25) is 0 Å². The molecule has 0 aromatic rings. The molecule has 0 aromatic carbocycles. The van der Waals surface area contributed by atoms with Crippen LogP contribution in [-0.4, -0.2) is 47.4 Å². The molecule has 3 N–H and O–H groups in total. The van der Waals surface area contributed by atoms with E-state index in [2.05, 4.69) is 55.6 Å². The van der Waals surface area contributed by atoms with Gasteiger partial charge in [0, 0.05) is 12.8 Å². The van der Waals surface area contributed by atoms with Crippen LogP contribution in [0.5, 0.6) is 0 Å². The van der Waals surface area contributed by atoms with Crippen molar-refractivity contribution in [3.8, 4) is 0 Å². The normalized spacial score (nSPS) is 12.7. The zero-order valence-corrected chi connectivity index (χ0v) is 58.1. The molecule has 0 radical (unpaired) electrons. The SMILES string of the molecule is CCCCC/C=C\C/C=C\CCCCCCCCCC(=O)OCCCCCCCCCCCCCCCCCC/C=C\CCCCCCCCCCCCCCCCCCCC(=O)NC(CO)C(O)/C=C/CCCCCCCCCCCCCCC. The summed E-state index contributed by atoms with van der Waals surface area (Å²) in [5.74, 6) is -0.0479. The number of rotatable bonds is 73. The number of nitrogens with one attached hydrogen (secondary N) is 1. The number of ether oxygens (including phenoxy) is 1. The number of unbranched alkanes of at least 4 members (excludes halogenated alkanes) is 56. The minimum Gasteiger partial charge on any atom is -0.466 e. The Morgan fingerprint density at radius 1 is 0.326 bits per heavy atom. The number of aliphatic hydroxyl groups is 2. The Morgan fingerprint density at radius 2 is 0.581 bits per heavy atom. The first-order chi connectivity index (χ1) is 42.5. The van der Waals surface area contributed by atoms with E-state index in [1.54, 1.807) is 6.08 Å². The van der Waals surface area contributed by atoms with Crippen LogP contribution in [0, 0.1) is 0 Å². The van der Waals surface area contributed by atoms with Gasteiger partial charge in [-0.3, -0.25) is 9.59 Å². The topological polar surface area (TPSA) is 95.9 Å². The van der Waals surface area contributed by atoms with Gasteiger partial charge < -0.3 is 20.3 Å². The molecule has 2 atom stereocenters. The molecule has 0 bridgehead atoms. The van der Waals surface area contributed by atoms with E-state index >= 15 is 0 Å². The molecule has 0 rings (SSSR count). The van der Waals surface area contributed by atoms with Gasteiger partial charge in [0.15, 0.2) is 0 Å². The van der Waals surface area contributed by atoms with E-state index in [1.165, 1.54) is 347 Å². The van der Waals surface area contributed by atoms with Crippen molar-refractivity contribution in [2.75, 3.05) is 13.2 Å². The van der Waals surface area contributed by atoms with E-state index in [1.807, 2.05) is 6.08 Å². The van der Waals surface area contributed by atoms with E-state index in [-0.39, 0.29) is 18.5 Å². The number of hydrogen-bond acceptors (Lipinski definition) is 5. The van der Waals surface area contributed by atoms with Crippen molar-refractivity contribution in [3.05, 3.63) is 48.6 Å². The molecule has 0 saturated carbocycles. The summed E-state index contributed by atoms with van der Waals surface area (Å²) in [6.45, 7) is 4.91. The number of allylic oxidation sites excluding steroid dienone is 7. The molecule has 0 spiro atoms. The maximum Gasteiger partial charge on any atom is 0.305 e. The standard InChI is InChI=1S/C80H151NO5/c1-3-5-7-9-11-13-15-17-19-41-46-50-54-58-62-66-70-74-80(85)86-75-71-67-63-59-55-51-47-43-40-38-36-34-32-30-28-26-24-22-20-21-23-25-27-29-31-33-35-37-39-42-45-49-53-57-61-65-69-73-79(84)81-77(76-82)78(83)72-68-64-60-56-52-48-44-18-16-14-12-10-8-6-4-2/h11,13,17,19-20,22,68,72,77-78,82-83H,3-10,12,14-16,18,21,23-67,69-71,73-76H2,1-2H3,(H,81,84)/b13-11-,19-17-,22-20-,72-68+. The van der Waals surface area contributed by atoms with E-state index in [9.17, 15) is 19.8 Å². The number of esters is 1. The second-order valence-electron chi connectivity index (χ2n) is 26.7. The lowest BCUT2D eigenvalue weighted by Crippen LogP contribution is -2.45. The molecule has 0 aliphatic carbocycles. The molecule has 506 valence electrons. The maximum atomic E-state index is 12.5. The zero-order valence-electron chi connectivity index (χ0n) is 58.1. The van der Waals surface area contributed by atoms with Gasteiger partial charge in [0.05, 0.1) is 25.4 Å². The van der Waals surface area contributed by atoms with Crippen LogP contribution in [0.1, 0.15) is 425 Å². The van der Waals surface area contributed by atoms with Gasteiger partial charge in [0.2, 0.25) is 5.91 Å². The largest absolute Gasteiger partial charge is 0.466 e. The first-order valence-corrected chi connectivity index (χ1v) is 38.9. The fraction of sp³-hybridized carbons (Fsp3) is 0.875. The number of carbonyl (C=O) groups excluding carboxylic acids is 2. The van der Waals surface area contributed by atoms with Crippen molar-refractivity contribution in [1.82, 2.24) is 5.32 Å². The molecule has 0 aliphatic rings. The van der Waals surface area contributed by atoms with Crippen LogP contribution >= 0.6 is 0 Å². The van der Waals surface area contributed by atoms with Gasteiger partial charge in [0.1, 0.15) is 0 Å². The second kappa shape index (κ2) is 75.3. The molecule has 2 unspecified atom stereocenters. The van der Waals surface area contributed by atoms with E-state index < -0.39 is 12.1 Å². The Kier molecular flexibility index (Phi) is 73.4. The highest BCUT2D eigenvalue weighted by Crippen LogP contribution is 2.19. The van der Waals surface area contributed by atoms with Crippen LogP contribution < -0.4 is 5.32 Å². The third-order valence-electron chi connectivity index (χ3n) is 18.1. The molecule has 1 amide bonds. The van der Waals surface area contributed by atoms with Gasteiger partial charge >= 0.3 is 5.97 Å². The van der Waals surface area contributed by atoms with Crippen LogP contribution in [0.25, 0.3) is 0 Å². The molecule has 0 heterocycles. The molecule has 6 heteroatoms. The summed E-state index contributed by atoms with van der Waals surface area (Å²) < 4.78 is 5.51. The fourth-order valence-corrected chi connectivity index (χ4v) is 12.1. The van der Waals surface area contributed by atoms with E-state index in [4.69, 9.17) is 4.74 Å².